The Hall–Kier alpha value is 0.0969. The average Bonchev–Trinajstić information content (AvgIpc) is 2.10. The van der Waals surface area contributed by atoms with Crippen LogP contribution in [-0.2, 0) is 0 Å². The zero-order valence-corrected chi connectivity index (χ0v) is 12.7. The van der Waals surface area contributed by atoms with Crippen LogP contribution in [0.2, 0.25) is 6.04 Å². The predicted molar refractivity (Wildman–Crippen MR) is 71.1 cm³/mol. The molecule has 0 aromatic heterocycles. The van der Waals surface area contributed by atoms with E-state index >= 15 is 0 Å². The van der Waals surface area contributed by atoms with Gasteiger partial charge in [0.1, 0.15) is 0 Å². The zero-order chi connectivity index (χ0) is 12.1. The summed E-state index contributed by atoms with van der Waals surface area (Å²) in [5.74, 6) is 0. The monoisotopic (exact) mass is 231 g/mol. The summed E-state index contributed by atoms with van der Waals surface area (Å²) in [7, 11) is 11.8. The fourth-order valence-electron chi connectivity index (χ4n) is 2.48. The summed E-state index contributed by atoms with van der Waals surface area (Å²) in [6, 6.07) is 1.33. The Labute approximate surface area is 97.3 Å². The molecule has 0 saturated carbocycles. The highest BCUT2D eigenvalue weighted by atomic mass is 28.4. The van der Waals surface area contributed by atoms with E-state index < -0.39 is 8.56 Å². The zero-order valence-electron chi connectivity index (χ0n) is 11.7. The van der Waals surface area contributed by atoms with Gasteiger partial charge in [-0.2, -0.15) is 0 Å². The maximum absolute atomic E-state index is 2.45. The van der Waals surface area contributed by atoms with Gasteiger partial charge in [0, 0.05) is 0 Å². The third-order valence-corrected chi connectivity index (χ3v) is 8.59. The van der Waals surface area contributed by atoms with Crippen LogP contribution in [0.15, 0.2) is 0 Å². The minimum absolute atomic E-state index is 1.30. The van der Waals surface area contributed by atoms with Gasteiger partial charge < -0.3 is 13.7 Å². The van der Waals surface area contributed by atoms with Crippen molar-refractivity contribution in [3.05, 3.63) is 0 Å². The minimum Gasteiger partial charge on any atom is -0.305 e. The van der Waals surface area contributed by atoms with E-state index in [1.54, 1.807) is 0 Å². The van der Waals surface area contributed by atoms with E-state index in [0.29, 0.717) is 0 Å². The van der Waals surface area contributed by atoms with Crippen molar-refractivity contribution in [3.63, 3.8) is 0 Å². The average molecular weight is 231 g/mol. The van der Waals surface area contributed by atoms with Crippen LogP contribution in [0, 0.1) is 0 Å². The van der Waals surface area contributed by atoms with Crippen LogP contribution in [0.4, 0.5) is 0 Å². The molecule has 0 saturated heterocycles. The number of rotatable bonds is 7. The van der Waals surface area contributed by atoms with Crippen LogP contribution in [0.5, 0.6) is 0 Å². The lowest BCUT2D eigenvalue weighted by Crippen LogP contribution is -2.69. The van der Waals surface area contributed by atoms with Crippen molar-refractivity contribution in [2.24, 2.45) is 0 Å². The summed E-state index contributed by atoms with van der Waals surface area (Å²) in [5.41, 5.74) is 0. The van der Waals surface area contributed by atoms with Crippen LogP contribution in [0.25, 0.3) is 0 Å². The topological polar surface area (TPSA) is 9.72 Å². The van der Waals surface area contributed by atoms with Gasteiger partial charge in [0.05, 0.1) is 0 Å². The van der Waals surface area contributed by atoms with Gasteiger partial charge in [0.2, 0.25) is 0 Å². The molecule has 0 aliphatic rings. The van der Waals surface area contributed by atoms with E-state index in [2.05, 4.69) is 62.9 Å². The first-order valence-corrected chi connectivity index (χ1v) is 7.96. The molecule has 0 fully saturated rings. The highest BCUT2D eigenvalue weighted by molar-refractivity contribution is 6.71. The van der Waals surface area contributed by atoms with E-state index in [-0.39, 0.29) is 0 Å². The van der Waals surface area contributed by atoms with Crippen molar-refractivity contribution in [2.45, 2.75) is 32.2 Å². The molecule has 3 nitrogen and oxygen atoms in total. The van der Waals surface area contributed by atoms with Gasteiger partial charge in [0.15, 0.2) is 0 Å². The van der Waals surface area contributed by atoms with Crippen molar-refractivity contribution < 1.29 is 0 Å². The van der Waals surface area contributed by atoms with Gasteiger partial charge in [-0.3, -0.25) is 0 Å². The van der Waals surface area contributed by atoms with Gasteiger partial charge in [0.25, 0.3) is 8.56 Å². The molecule has 0 aliphatic heterocycles. The van der Waals surface area contributed by atoms with Crippen LogP contribution in [-0.4, -0.2) is 64.5 Å². The lowest BCUT2D eigenvalue weighted by Gasteiger charge is -2.46. The van der Waals surface area contributed by atoms with Crippen LogP contribution >= 0.6 is 0 Å². The fourth-order valence-corrected chi connectivity index (χ4v) is 6.95. The van der Waals surface area contributed by atoms with E-state index in [1.165, 1.54) is 25.3 Å². The second-order valence-electron chi connectivity index (χ2n) is 4.91. The molecule has 15 heavy (non-hydrogen) atoms. The standard InChI is InChI=1S/C11H29N3Si/c1-8-9-10-11-15(12(2)3,13(4)5)14(6)7/h8-11H2,1-7H3. The maximum atomic E-state index is 2.45. The molecule has 0 aliphatic carbocycles. The maximum Gasteiger partial charge on any atom is 0.288 e. The summed E-state index contributed by atoms with van der Waals surface area (Å²) in [6.07, 6.45) is 4.00. The summed E-state index contributed by atoms with van der Waals surface area (Å²) in [6.45, 7) is 2.27. The first-order valence-electron chi connectivity index (χ1n) is 5.91. The third-order valence-electron chi connectivity index (χ3n) is 3.26. The van der Waals surface area contributed by atoms with Gasteiger partial charge in [-0.15, -0.1) is 0 Å². The Balaban J connectivity index is 4.65. The van der Waals surface area contributed by atoms with Gasteiger partial charge >= 0.3 is 0 Å². The molecule has 0 unspecified atom stereocenters. The molecular weight excluding hydrogens is 202 g/mol. The first kappa shape index (κ1) is 15.1. The lowest BCUT2D eigenvalue weighted by molar-refractivity contribution is 0.372. The Bertz CT molecular complexity index is 147. The summed E-state index contributed by atoms with van der Waals surface area (Å²) < 4.78 is 7.34. The molecule has 4 heteroatoms. The number of hydrogen-bond donors (Lipinski definition) is 0. The molecule has 0 rings (SSSR count). The quantitative estimate of drug-likeness (QED) is 0.489. The van der Waals surface area contributed by atoms with Crippen molar-refractivity contribution >= 4 is 8.56 Å². The van der Waals surface area contributed by atoms with Crippen LogP contribution in [0.3, 0.4) is 0 Å². The molecule has 0 spiro atoms. The fraction of sp³-hybridized carbons (Fsp3) is 1.00. The highest BCUT2D eigenvalue weighted by Gasteiger charge is 2.41. The SMILES string of the molecule is CCCCC[Si](N(C)C)(N(C)C)N(C)C. The molecule has 0 aromatic rings. The lowest BCUT2D eigenvalue weighted by atomic mass is 10.3. The smallest absolute Gasteiger partial charge is 0.288 e. The minimum atomic E-state index is -1.56. The molecule has 0 N–H and O–H groups in total. The second-order valence-corrected chi connectivity index (χ2v) is 9.65. The Morgan fingerprint density at radius 2 is 1.13 bits per heavy atom. The van der Waals surface area contributed by atoms with Gasteiger partial charge in [-0.25, -0.2) is 0 Å². The molecule has 0 bridgehead atoms. The Kier molecular flexibility index (Phi) is 6.67. The van der Waals surface area contributed by atoms with E-state index in [0.717, 1.165) is 0 Å². The molecule has 0 amide bonds. The van der Waals surface area contributed by atoms with Crippen LogP contribution in [0.1, 0.15) is 26.2 Å². The van der Waals surface area contributed by atoms with Crippen molar-refractivity contribution in [1.29, 1.82) is 0 Å². The van der Waals surface area contributed by atoms with E-state index in [1.807, 2.05) is 0 Å². The predicted octanol–water partition coefficient (Wildman–Crippen LogP) is 1.80. The van der Waals surface area contributed by atoms with Crippen molar-refractivity contribution in [2.75, 3.05) is 42.3 Å². The molecule has 0 heterocycles. The molecule has 0 radical (unpaired) electrons. The summed E-state index contributed by atoms with van der Waals surface area (Å²) >= 11 is 0. The summed E-state index contributed by atoms with van der Waals surface area (Å²) in [5, 5.41) is 0. The number of hydrogen-bond acceptors (Lipinski definition) is 3. The number of nitrogens with zero attached hydrogens (tertiary/aromatic N) is 3. The third kappa shape index (κ3) is 3.55. The Morgan fingerprint density at radius 1 is 0.733 bits per heavy atom. The van der Waals surface area contributed by atoms with Crippen LogP contribution < -0.4 is 0 Å². The molecule has 0 aromatic carbocycles. The highest BCUT2D eigenvalue weighted by Crippen LogP contribution is 2.21. The second kappa shape index (κ2) is 6.63. The normalized spacial score (nSPS) is 13.2. The molecular formula is C11H29N3Si. The summed E-state index contributed by atoms with van der Waals surface area (Å²) in [4.78, 5) is 0. The van der Waals surface area contributed by atoms with E-state index in [9.17, 15) is 0 Å². The van der Waals surface area contributed by atoms with Crippen molar-refractivity contribution in [3.8, 4) is 0 Å². The molecule has 92 valence electrons. The number of unbranched alkanes of at least 4 members (excludes halogenated alkanes) is 2. The first-order chi connectivity index (χ1) is 6.89. The van der Waals surface area contributed by atoms with E-state index in [4.69, 9.17) is 0 Å². The Morgan fingerprint density at radius 3 is 1.40 bits per heavy atom. The van der Waals surface area contributed by atoms with Crippen molar-refractivity contribution in [1.82, 2.24) is 13.7 Å². The van der Waals surface area contributed by atoms with Gasteiger partial charge in [-0.1, -0.05) is 26.2 Å². The largest absolute Gasteiger partial charge is 0.305 e. The molecule has 0 atom stereocenters. The van der Waals surface area contributed by atoms with Gasteiger partial charge in [-0.05, 0) is 48.3 Å².